The van der Waals surface area contributed by atoms with Crippen LogP contribution in [0.15, 0.2) is 60.7 Å². The van der Waals surface area contributed by atoms with Crippen molar-refractivity contribution in [2.75, 3.05) is 0 Å². The fourth-order valence-electron chi connectivity index (χ4n) is 3.31. The number of fused-ring (bicyclic) bond motifs is 2. The van der Waals surface area contributed by atoms with E-state index in [-0.39, 0.29) is 0 Å². The lowest BCUT2D eigenvalue weighted by Gasteiger charge is -2.14. The summed E-state index contributed by atoms with van der Waals surface area (Å²) >= 11 is 2.33. The first-order valence-electron chi connectivity index (χ1n) is 7.87. The monoisotopic (exact) mass is 425 g/mol. The summed E-state index contributed by atoms with van der Waals surface area (Å²) in [5, 5.41) is 17.3. The first-order valence-corrected chi connectivity index (χ1v) is 8.95. The number of pyridine rings is 1. The molecule has 0 bridgehead atoms. The largest absolute Gasteiger partial charge is 0.618 e. The molecule has 4 rings (SSSR count). The summed E-state index contributed by atoms with van der Waals surface area (Å²) in [6.07, 6.45) is 0. The molecule has 1 heterocycles. The lowest BCUT2D eigenvalue weighted by molar-refractivity contribution is -0.599. The van der Waals surface area contributed by atoms with Crippen molar-refractivity contribution in [2.24, 2.45) is 0 Å². The van der Waals surface area contributed by atoms with E-state index in [1.807, 2.05) is 25.1 Å². The highest BCUT2D eigenvalue weighted by atomic mass is 127. The highest BCUT2D eigenvalue weighted by Crippen LogP contribution is 2.35. The third-order valence-electron chi connectivity index (χ3n) is 4.46. The van der Waals surface area contributed by atoms with Gasteiger partial charge in [-0.05, 0) is 57.8 Å². The van der Waals surface area contributed by atoms with E-state index in [4.69, 9.17) is 0 Å². The van der Waals surface area contributed by atoms with Crippen LogP contribution in [0.2, 0.25) is 0 Å². The van der Waals surface area contributed by atoms with Gasteiger partial charge in [0.15, 0.2) is 5.69 Å². The van der Waals surface area contributed by atoms with Gasteiger partial charge in [-0.15, -0.1) is 0 Å². The summed E-state index contributed by atoms with van der Waals surface area (Å²) in [5.41, 5.74) is 3.67. The summed E-state index contributed by atoms with van der Waals surface area (Å²) in [7, 11) is 0. The zero-order valence-corrected chi connectivity index (χ0v) is 15.7. The number of benzene rings is 3. The van der Waals surface area contributed by atoms with Crippen LogP contribution in [0.5, 0.6) is 0 Å². The van der Waals surface area contributed by atoms with Crippen molar-refractivity contribution in [1.82, 2.24) is 0 Å². The van der Waals surface area contributed by atoms with Crippen molar-refractivity contribution in [2.45, 2.75) is 13.8 Å². The van der Waals surface area contributed by atoms with Crippen molar-refractivity contribution in [1.29, 1.82) is 0 Å². The van der Waals surface area contributed by atoms with Crippen LogP contribution in [0.3, 0.4) is 0 Å². The molecule has 0 aliphatic carbocycles. The van der Waals surface area contributed by atoms with Gasteiger partial charge in [-0.3, -0.25) is 0 Å². The molecule has 24 heavy (non-hydrogen) atoms. The molecule has 0 saturated heterocycles. The highest BCUT2D eigenvalue weighted by Gasteiger charge is 2.21. The molecule has 0 saturated carbocycles. The van der Waals surface area contributed by atoms with Gasteiger partial charge in [0.25, 0.3) is 0 Å². The van der Waals surface area contributed by atoms with Gasteiger partial charge in [0, 0.05) is 16.6 Å². The normalized spacial score (nSPS) is 11.3. The van der Waals surface area contributed by atoms with E-state index >= 15 is 0 Å². The van der Waals surface area contributed by atoms with Gasteiger partial charge in [-0.1, -0.05) is 48.0 Å². The smallest absolute Gasteiger partial charge is 0.233 e. The minimum absolute atomic E-state index is 0.715. The Morgan fingerprint density at radius 1 is 0.833 bits per heavy atom. The van der Waals surface area contributed by atoms with E-state index in [0.29, 0.717) is 5.69 Å². The Morgan fingerprint density at radius 2 is 1.62 bits per heavy atom. The second-order valence-electron chi connectivity index (χ2n) is 6.16. The van der Waals surface area contributed by atoms with E-state index in [9.17, 15) is 5.21 Å². The zero-order chi connectivity index (χ0) is 16.8. The molecule has 4 aromatic rings. The van der Waals surface area contributed by atoms with E-state index in [0.717, 1.165) is 41.1 Å². The number of hydrogen-bond acceptors (Lipinski definition) is 1. The molecule has 118 valence electrons. The first kappa shape index (κ1) is 15.4. The Morgan fingerprint density at radius 3 is 2.46 bits per heavy atom. The van der Waals surface area contributed by atoms with Crippen LogP contribution in [-0.4, -0.2) is 0 Å². The third-order valence-corrected chi connectivity index (χ3v) is 5.36. The summed E-state index contributed by atoms with van der Waals surface area (Å²) in [4.78, 5) is 0. The SMILES string of the molecule is Cc1ccc2c(-c3c(I)ccc4ccccc34)[n+]([O-])c(C)cc2c1. The molecular formula is C21H16INO. The van der Waals surface area contributed by atoms with Crippen LogP contribution in [-0.2, 0) is 0 Å². The average Bonchev–Trinajstić information content (AvgIpc) is 2.57. The zero-order valence-electron chi connectivity index (χ0n) is 13.5. The van der Waals surface area contributed by atoms with Gasteiger partial charge in [-0.25, -0.2) is 0 Å². The Balaban J connectivity index is 2.22. The van der Waals surface area contributed by atoms with Crippen molar-refractivity contribution in [3.63, 3.8) is 0 Å². The lowest BCUT2D eigenvalue weighted by atomic mass is 9.97. The van der Waals surface area contributed by atoms with Crippen LogP contribution in [0.25, 0.3) is 32.8 Å². The highest BCUT2D eigenvalue weighted by molar-refractivity contribution is 14.1. The van der Waals surface area contributed by atoms with Crippen LogP contribution in [0.4, 0.5) is 0 Å². The maximum Gasteiger partial charge on any atom is 0.233 e. The number of hydrogen-bond donors (Lipinski definition) is 0. The van der Waals surface area contributed by atoms with Crippen LogP contribution >= 0.6 is 22.6 Å². The number of nitrogens with zero attached hydrogens (tertiary/aromatic N) is 1. The van der Waals surface area contributed by atoms with Gasteiger partial charge in [-0.2, -0.15) is 4.73 Å². The molecule has 0 unspecified atom stereocenters. The molecule has 0 spiro atoms. The van der Waals surface area contributed by atoms with Crippen LogP contribution in [0, 0.1) is 22.6 Å². The van der Waals surface area contributed by atoms with Crippen LogP contribution < -0.4 is 4.73 Å². The molecule has 0 atom stereocenters. The minimum Gasteiger partial charge on any atom is -0.618 e. The van der Waals surface area contributed by atoms with Crippen molar-refractivity contribution >= 4 is 44.1 Å². The molecule has 0 radical (unpaired) electrons. The fourth-order valence-corrected chi connectivity index (χ4v) is 4.03. The Labute approximate surface area is 154 Å². The van der Waals surface area contributed by atoms with Gasteiger partial charge >= 0.3 is 0 Å². The topological polar surface area (TPSA) is 26.9 Å². The molecule has 1 aromatic heterocycles. The van der Waals surface area contributed by atoms with E-state index in [1.165, 1.54) is 5.56 Å². The predicted octanol–water partition coefficient (Wildman–Crippen LogP) is 5.51. The number of halogens is 1. The predicted molar refractivity (Wildman–Crippen MR) is 108 cm³/mol. The minimum atomic E-state index is 0.715. The number of aromatic nitrogens is 1. The van der Waals surface area contributed by atoms with Gasteiger partial charge in [0.05, 0.1) is 10.9 Å². The van der Waals surface area contributed by atoms with Crippen molar-refractivity contribution in [3.8, 4) is 11.3 Å². The van der Waals surface area contributed by atoms with E-state index in [1.54, 1.807) is 0 Å². The Bertz CT molecular complexity index is 1100. The standard InChI is InChI=1S/C21H16INO/c1-13-7-9-18-16(11-13)12-14(2)23(24)21(18)20-17-6-4-3-5-15(17)8-10-19(20)22/h3-12H,1-2H3. The number of aryl methyl sites for hydroxylation is 2. The maximum atomic E-state index is 13.0. The average molecular weight is 425 g/mol. The maximum absolute atomic E-state index is 13.0. The second kappa shape index (κ2) is 5.74. The summed E-state index contributed by atoms with van der Waals surface area (Å²) in [6.45, 7) is 3.95. The molecule has 0 fully saturated rings. The molecule has 3 heteroatoms. The Hall–Kier alpha value is -2.14. The van der Waals surface area contributed by atoms with Gasteiger partial charge in [0.1, 0.15) is 0 Å². The van der Waals surface area contributed by atoms with Gasteiger partial charge < -0.3 is 5.21 Å². The van der Waals surface area contributed by atoms with Crippen molar-refractivity contribution in [3.05, 3.63) is 80.7 Å². The molecular weight excluding hydrogens is 409 g/mol. The summed E-state index contributed by atoms with van der Waals surface area (Å²) in [6, 6.07) is 20.7. The molecule has 0 aliphatic heterocycles. The lowest BCUT2D eigenvalue weighted by Crippen LogP contribution is -2.33. The first-order chi connectivity index (χ1) is 11.6. The summed E-state index contributed by atoms with van der Waals surface area (Å²) in [5.74, 6) is 0. The van der Waals surface area contributed by atoms with E-state index in [2.05, 4.69) is 72.0 Å². The molecule has 3 aromatic carbocycles. The molecule has 0 amide bonds. The van der Waals surface area contributed by atoms with Gasteiger partial charge in [0.2, 0.25) is 5.69 Å². The quantitative estimate of drug-likeness (QED) is 0.224. The molecule has 2 nitrogen and oxygen atoms in total. The fraction of sp³-hybridized carbons (Fsp3) is 0.0952. The molecule has 0 aliphatic rings. The van der Waals surface area contributed by atoms with E-state index < -0.39 is 0 Å². The third kappa shape index (κ3) is 2.35. The Kier molecular flexibility index (Phi) is 3.68. The molecule has 0 N–H and O–H groups in total. The second-order valence-corrected chi connectivity index (χ2v) is 7.33. The van der Waals surface area contributed by atoms with Crippen LogP contribution in [0.1, 0.15) is 11.3 Å². The number of rotatable bonds is 1. The van der Waals surface area contributed by atoms with Crippen molar-refractivity contribution < 1.29 is 4.73 Å². The summed E-state index contributed by atoms with van der Waals surface area (Å²) < 4.78 is 2.16.